The molecule has 2 N–H and O–H groups in total. The molecule has 0 amide bonds. The Bertz CT molecular complexity index is 214. The molecule has 1 aliphatic rings. The van der Waals surface area contributed by atoms with Crippen LogP contribution in [0.25, 0.3) is 0 Å². The van der Waals surface area contributed by atoms with E-state index in [1.165, 1.54) is 12.2 Å². The summed E-state index contributed by atoms with van der Waals surface area (Å²) in [5.41, 5.74) is 6.24. The van der Waals surface area contributed by atoms with E-state index in [9.17, 15) is 0 Å². The van der Waals surface area contributed by atoms with Crippen molar-refractivity contribution in [2.75, 3.05) is 38.8 Å². The van der Waals surface area contributed by atoms with Crippen molar-refractivity contribution < 1.29 is 4.74 Å². The Morgan fingerprint density at radius 3 is 2.88 bits per heavy atom. The predicted molar refractivity (Wildman–Crippen MR) is 76.7 cm³/mol. The highest BCUT2D eigenvalue weighted by molar-refractivity contribution is 7.98. The standard InChI is InChI=1S/C13H28N2OS/c1-4-5-12-10-13(11-14,6-8-16-12)15(2)7-9-17-3/h12H,4-11,14H2,1-3H3. The Morgan fingerprint density at radius 1 is 1.53 bits per heavy atom. The van der Waals surface area contributed by atoms with Crippen molar-refractivity contribution in [1.82, 2.24) is 4.90 Å². The van der Waals surface area contributed by atoms with Gasteiger partial charge in [-0.3, -0.25) is 4.90 Å². The van der Waals surface area contributed by atoms with Gasteiger partial charge in [-0.1, -0.05) is 13.3 Å². The van der Waals surface area contributed by atoms with Crippen molar-refractivity contribution in [3.05, 3.63) is 0 Å². The number of nitrogens with two attached hydrogens (primary N) is 1. The minimum absolute atomic E-state index is 0.174. The van der Waals surface area contributed by atoms with Gasteiger partial charge in [-0.25, -0.2) is 0 Å². The third kappa shape index (κ3) is 4.12. The van der Waals surface area contributed by atoms with E-state index in [0.717, 1.165) is 39.0 Å². The minimum atomic E-state index is 0.174. The number of ether oxygens (including phenoxy) is 1. The van der Waals surface area contributed by atoms with Gasteiger partial charge in [0.1, 0.15) is 0 Å². The van der Waals surface area contributed by atoms with Crippen LogP contribution in [-0.4, -0.2) is 55.3 Å². The molecule has 0 aromatic carbocycles. The van der Waals surface area contributed by atoms with Gasteiger partial charge in [-0.15, -0.1) is 0 Å². The molecule has 0 radical (unpaired) electrons. The van der Waals surface area contributed by atoms with E-state index in [1.807, 2.05) is 11.8 Å². The lowest BCUT2D eigenvalue weighted by atomic mass is 9.84. The number of hydrogen-bond donors (Lipinski definition) is 1. The van der Waals surface area contributed by atoms with Crippen molar-refractivity contribution in [1.29, 1.82) is 0 Å². The van der Waals surface area contributed by atoms with Gasteiger partial charge in [0.05, 0.1) is 6.10 Å². The SMILES string of the molecule is CCCC1CC(CN)(N(C)CCSC)CCO1. The van der Waals surface area contributed by atoms with Gasteiger partial charge in [0, 0.05) is 31.0 Å². The maximum atomic E-state index is 6.07. The zero-order chi connectivity index (χ0) is 12.7. The summed E-state index contributed by atoms with van der Waals surface area (Å²) in [6.07, 6.45) is 7.11. The molecule has 0 aromatic rings. The van der Waals surface area contributed by atoms with Gasteiger partial charge >= 0.3 is 0 Å². The fourth-order valence-corrected chi connectivity index (χ4v) is 3.12. The highest BCUT2D eigenvalue weighted by Crippen LogP contribution is 2.31. The van der Waals surface area contributed by atoms with Crippen molar-refractivity contribution >= 4 is 11.8 Å². The third-order valence-corrected chi connectivity index (χ3v) is 4.55. The minimum Gasteiger partial charge on any atom is -0.378 e. The fraction of sp³-hybridized carbons (Fsp3) is 1.00. The molecule has 0 spiro atoms. The van der Waals surface area contributed by atoms with E-state index < -0.39 is 0 Å². The summed E-state index contributed by atoms with van der Waals surface area (Å²) in [4.78, 5) is 2.47. The summed E-state index contributed by atoms with van der Waals surface area (Å²) >= 11 is 1.90. The highest BCUT2D eigenvalue weighted by Gasteiger charge is 2.38. The molecule has 1 fully saturated rings. The predicted octanol–water partition coefficient (Wildman–Crippen LogP) is 1.96. The Labute approximate surface area is 110 Å². The molecule has 1 rings (SSSR count). The van der Waals surface area contributed by atoms with Crippen molar-refractivity contribution in [2.24, 2.45) is 5.73 Å². The van der Waals surface area contributed by atoms with Crippen LogP contribution in [0.5, 0.6) is 0 Å². The second kappa shape index (κ2) is 7.62. The first-order valence-electron chi connectivity index (χ1n) is 6.70. The average molecular weight is 260 g/mol. The lowest BCUT2D eigenvalue weighted by Gasteiger charge is -2.46. The zero-order valence-corrected chi connectivity index (χ0v) is 12.4. The van der Waals surface area contributed by atoms with Crippen LogP contribution in [0.2, 0.25) is 0 Å². The smallest absolute Gasteiger partial charge is 0.0593 e. The van der Waals surface area contributed by atoms with E-state index >= 15 is 0 Å². The Hall–Kier alpha value is 0.230. The molecule has 0 saturated carbocycles. The third-order valence-electron chi connectivity index (χ3n) is 3.96. The Balaban J connectivity index is 2.59. The van der Waals surface area contributed by atoms with Crippen LogP contribution < -0.4 is 5.73 Å². The van der Waals surface area contributed by atoms with E-state index in [0.29, 0.717) is 6.10 Å². The zero-order valence-electron chi connectivity index (χ0n) is 11.6. The summed E-state index contributed by atoms with van der Waals surface area (Å²) in [7, 11) is 2.22. The topological polar surface area (TPSA) is 38.5 Å². The molecule has 1 heterocycles. The second-order valence-electron chi connectivity index (χ2n) is 5.08. The summed E-state index contributed by atoms with van der Waals surface area (Å²) in [6, 6.07) is 0. The van der Waals surface area contributed by atoms with Crippen molar-refractivity contribution in [2.45, 2.75) is 44.2 Å². The van der Waals surface area contributed by atoms with E-state index in [1.54, 1.807) is 0 Å². The monoisotopic (exact) mass is 260 g/mol. The normalized spacial score (nSPS) is 29.8. The van der Waals surface area contributed by atoms with Crippen molar-refractivity contribution in [3.8, 4) is 0 Å². The maximum Gasteiger partial charge on any atom is 0.0593 e. The first kappa shape index (κ1) is 15.3. The molecule has 102 valence electrons. The van der Waals surface area contributed by atoms with Gasteiger partial charge in [0.25, 0.3) is 0 Å². The summed E-state index contributed by atoms with van der Waals surface area (Å²) < 4.78 is 5.84. The molecule has 1 saturated heterocycles. The van der Waals surface area contributed by atoms with Crippen LogP contribution in [0.4, 0.5) is 0 Å². The highest BCUT2D eigenvalue weighted by atomic mass is 32.2. The Kier molecular flexibility index (Phi) is 6.85. The first-order chi connectivity index (χ1) is 8.18. The average Bonchev–Trinajstić information content (AvgIpc) is 2.36. The molecule has 1 aliphatic heterocycles. The van der Waals surface area contributed by atoms with Gasteiger partial charge in [-0.2, -0.15) is 11.8 Å². The van der Waals surface area contributed by atoms with Crippen LogP contribution >= 0.6 is 11.8 Å². The molecule has 2 unspecified atom stereocenters. The molecular weight excluding hydrogens is 232 g/mol. The van der Waals surface area contributed by atoms with Gasteiger partial charge in [-0.05, 0) is 32.6 Å². The molecule has 4 heteroatoms. The lowest BCUT2D eigenvalue weighted by Crippen LogP contribution is -2.57. The summed E-state index contributed by atoms with van der Waals surface area (Å²) in [6.45, 7) is 4.96. The summed E-state index contributed by atoms with van der Waals surface area (Å²) in [5, 5.41) is 0. The number of hydrogen-bond acceptors (Lipinski definition) is 4. The van der Waals surface area contributed by atoms with Crippen LogP contribution in [0.3, 0.4) is 0 Å². The number of likely N-dealkylation sites (N-methyl/N-ethyl adjacent to an activating group) is 1. The fourth-order valence-electron chi connectivity index (χ4n) is 2.66. The molecule has 2 atom stereocenters. The van der Waals surface area contributed by atoms with E-state index in [4.69, 9.17) is 10.5 Å². The first-order valence-corrected chi connectivity index (χ1v) is 8.09. The van der Waals surface area contributed by atoms with Crippen molar-refractivity contribution in [3.63, 3.8) is 0 Å². The van der Waals surface area contributed by atoms with E-state index in [-0.39, 0.29) is 5.54 Å². The maximum absolute atomic E-state index is 6.07. The Morgan fingerprint density at radius 2 is 2.29 bits per heavy atom. The quantitative estimate of drug-likeness (QED) is 0.759. The molecule has 3 nitrogen and oxygen atoms in total. The van der Waals surface area contributed by atoms with Gasteiger partial charge in [0.15, 0.2) is 0 Å². The number of rotatable bonds is 7. The number of nitrogens with zero attached hydrogens (tertiary/aromatic N) is 1. The molecule has 17 heavy (non-hydrogen) atoms. The van der Waals surface area contributed by atoms with Crippen LogP contribution in [0.15, 0.2) is 0 Å². The molecule has 0 aliphatic carbocycles. The number of thioether (sulfide) groups is 1. The summed E-state index contributed by atoms with van der Waals surface area (Å²) in [5.74, 6) is 1.18. The van der Waals surface area contributed by atoms with Gasteiger partial charge in [0.2, 0.25) is 0 Å². The van der Waals surface area contributed by atoms with E-state index in [2.05, 4.69) is 25.1 Å². The molecule has 0 bridgehead atoms. The van der Waals surface area contributed by atoms with Crippen LogP contribution in [0.1, 0.15) is 32.6 Å². The van der Waals surface area contributed by atoms with Crippen LogP contribution in [-0.2, 0) is 4.74 Å². The second-order valence-corrected chi connectivity index (χ2v) is 6.06. The lowest BCUT2D eigenvalue weighted by molar-refractivity contribution is -0.0653. The molecule has 0 aromatic heterocycles. The van der Waals surface area contributed by atoms with Gasteiger partial charge < -0.3 is 10.5 Å². The van der Waals surface area contributed by atoms with Crippen LogP contribution in [0, 0.1) is 0 Å². The molecular formula is C13H28N2OS. The largest absolute Gasteiger partial charge is 0.378 e.